The number of fused-ring (bicyclic) bond motifs is 1. The van der Waals surface area contributed by atoms with Gasteiger partial charge in [-0.15, -0.1) is 0 Å². The van der Waals surface area contributed by atoms with E-state index in [9.17, 15) is 28.8 Å². The van der Waals surface area contributed by atoms with Crippen molar-refractivity contribution in [3.63, 3.8) is 0 Å². The van der Waals surface area contributed by atoms with Crippen molar-refractivity contribution in [2.75, 3.05) is 6.54 Å². The van der Waals surface area contributed by atoms with E-state index in [1.807, 2.05) is 20.8 Å². The Hall–Kier alpha value is -2.98. The van der Waals surface area contributed by atoms with Gasteiger partial charge in [-0.05, 0) is 66.6 Å². The summed E-state index contributed by atoms with van der Waals surface area (Å²) in [6.45, 7) is 10.1. The molecular weight excluding hydrogens is 562 g/mol. The number of nitrogens with two attached hydrogens (primary N) is 1. The maximum atomic E-state index is 14.3. The number of carbonyl (C=O) groups excluding carboxylic acids is 6. The summed E-state index contributed by atoms with van der Waals surface area (Å²) in [5, 5.41) is 8.64. The molecule has 11 heteroatoms. The monoisotopic (exact) mass is 613 g/mol. The quantitative estimate of drug-likeness (QED) is 0.247. The highest BCUT2D eigenvalue weighted by Gasteiger charge is 2.70. The Balaban J connectivity index is 1.32. The third-order valence-corrected chi connectivity index (χ3v) is 11.0. The van der Waals surface area contributed by atoms with E-state index in [0.717, 1.165) is 57.8 Å². The third-order valence-electron chi connectivity index (χ3n) is 11.0. The van der Waals surface area contributed by atoms with Crippen molar-refractivity contribution in [1.29, 1.82) is 0 Å². The largest absolute Gasteiger partial charge is 0.363 e. The minimum absolute atomic E-state index is 0.00593. The van der Waals surface area contributed by atoms with Gasteiger partial charge < -0.3 is 26.6 Å². The lowest BCUT2D eigenvalue weighted by Crippen LogP contribution is -2.62. The number of urea groups is 1. The number of piperidine rings is 1. The van der Waals surface area contributed by atoms with E-state index in [1.54, 1.807) is 4.90 Å². The van der Waals surface area contributed by atoms with Crippen molar-refractivity contribution in [2.24, 2.45) is 46.2 Å². The Labute approximate surface area is 260 Å². The van der Waals surface area contributed by atoms with Crippen LogP contribution < -0.4 is 21.7 Å². The number of amides is 5. The van der Waals surface area contributed by atoms with Gasteiger partial charge in [0.05, 0.1) is 12.1 Å². The number of nitrogens with zero attached hydrogens (tertiary/aromatic N) is 1. The minimum atomic E-state index is -1.09. The lowest BCUT2D eigenvalue weighted by molar-refractivity contribution is -0.145. The highest BCUT2D eigenvalue weighted by Crippen LogP contribution is 2.65. The van der Waals surface area contributed by atoms with Crippen LogP contribution >= 0.6 is 0 Å². The molecule has 44 heavy (non-hydrogen) atoms. The smallest absolute Gasteiger partial charge is 0.316 e. The van der Waals surface area contributed by atoms with E-state index in [1.165, 1.54) is 0 Å². The molecule has 5 rings (SSSR count). The van der Waals surface area contributed by atoms with E-state index < -0.39 is 53.2 Å². The summed E-state index contributed by atoms with van der Waals surface area (Å²) in [6, 6.07) is -3.94. The number of primary amides is 1. The van der Waals surface area contributed by atoms with Gasteiger partial charge in [0.1, 0.15) is 12.1 Å². The maximum Gasteiger partial charge on any atom is 0.316 e. The molecule has 1 heterocycles. The molecule has 4 aliphatic carbocycles. The molecule has 0 aromatic rings. The van der Waals surface area contributed by atoms with Crippen LogP contribution in [0.5, 0.6) is 0 Å². The number of Topliss-reactive ketones (excluding diaryl/α,β-unsaturated/α-hetero) is 2. The lowest BCUT2D eigenvalue weighted by atomic mass is 9.81. The Morgan fingerprint density at radius 1 is 0.886 bits per heavy atom. The number of carbonyl (C=O) groups is 6. The minimum Gasteiger partial charge on any atom is -0.363 e. The van der Waals surface area contributed by atoms with E-state index in [2.05, 4.69) is 29.8 Å². The molecule has 0 spiro atoms. The SMILES string of the molecule is CC(C)(C)C(NC(=O)NC(C(=O)C1CC1)C1CCCCC1)C(=O)N1CC2C(C1C(=O)NC(CC1CC1)C(=O)C(N)=O)C2(C)C. The van der Waals surface area contributed by atoms with Crippen molar-refractivity contribution in [2.45, 2.75) is 123 Å². The molecular formula is C33H51N5O6. The summed E-state index contributed by atoms with van der Waals surface area (Å²) in [4.78, 5) is 80.7. The number of likely N-dealkylation sites (tertiary alicyclic amines) is 1. The van der Waals surface area contributed by atoms with Crippen LogP contribution in [0.25, 0.3) is 0 Å². The van der Waals surface area contributed by atoms with Crippen LogP contribution in [0, 0.1) is 40.4 Å². The van der Waals surface area contributed by atoms with Crippen molar-refractivity contribution >= 4 is 35.3 Å². The molecule has 5 amide bonds. The second kappa shape index (κ2) is 12.1. The molecule has 5 aliphatic rings. The van der Waals surface area contributed by atoms with Gasteiger partial charge in [0.15, 0.2) is 5.78 Å². The first-order valence-electron chi connectivity index (χ1n) is 16.7. The molecule has 5 fully saturated rings. The Morgan fingerprint density at radius 3 is 2.07 bits per heavy atom. The second-order valence-corrected chi connectivity index (χ2v) is 15.8. The van der Waals surface area contributed by atoms with Crippen LogP contribution in [0.1, 0.15) is 98.8 Å². The molecule has 4 saturated carbocycles. The van der Waals surface area contributed by atoms with Gasteiger partial charge >= 0.3 is 6.03 Å². The standard InChI is InChI=1S/C33H51N5O6/c1-32(2,3)27(37-31(44)36-23(25(39)19-13-14-19)18-9-7-6-8-10-18)30(43)38-16-20-22(33(20,4)5)24(38)29(42)35-21(15-17-11-12-17)26(40)28(34)41/h17-24,27H,6-16H2,1-5H3,(H2,34,41)(H,35,42)(H2,36,37,44). The van der Waals surface area contributed by atoms with Gasteiger partial charge in [0.25, 0.3) is 5.91 Å². The summed E-state index contributed by atoms with van der Waals surface area (Å²) in [6.07, 6.45) is 8.93. The number of hydrogen-bond acceptors (Lipinski definition) is 6. The first-order valence-corrected chi connectivity index (χ1v) is 16.7. The van der Waals surface area contributed by atoms with Crippen LogP contribution in [0.2, 0.25) is 0 Å². The van der Waals surface area contributed by atoms with Gasteiger partial charge in [0, 0.05) is 12.5 Å². The first kappa shape index (κ1) is 32.4. The molecule has 6 atom stereocenters. The van der Waals surface area contributed by atoms with Gasteiger partial charge in [-0.25, -0.2) is 4.79 Å². The number of rotatable bonds is 12. The van der Waals surface area contributed by atoms with E-state index >= 15 is 0 Å². The fourth-order valence-corrected chi connectivity index (χ4v) is 7.80. The van der Waals surface area contributed by atoms with Crippen molar-refractivity contribution in [1.82, 2.24) is 20.9 Å². The fourth-order valence-electron chi connectivity index (χ4n) is 7.80. The highest BCUT2D eigenvalue weighted by atomic mass is 16.2. The third kappa shape index (κ3) is 6.81. The maximum absolute atomic E-state index is 14.3. The summed E-state index contributed by atoms with van der Waals surface area (Å²) in [7, 11) is 0. The van der Waals surface area contributed by atoms with Crippen molar-refractivity contribution in [3.05, 3.63) is 0 Å². The highest BCUT2D eigenvalue weighted by molar-refractivity contribution is 6.37. The summed E-state index contributed by atoms with van der Waals surface area (Å²) < 4.78 is 0. The zero-order valence-electron chi connectivity index (χ0n) is 26.9. The Morgan fingerprint density at radius 2 is 1.52 bits per heavy atom. The summed E-state index contributed by atoms with van der Waals surface area (Å²) >= 11 is 0. The average molecular weight is 614 g/mol. The van der Waals surface area contributed by atoms with Crippen LogP contribution in [-0.2, 0) is 24.0 Å². The predicted molar refractivity (Wildman–Crippen MR) is 163 cm³/mol. The van der Waals surface area contributed by atoms with E-state index in [-0.39, 0.29) is 46.7 Å². The Kier molecular flexibility index (Phi) is 8.90. The summed E-state index contributed by atoms with van der Waals surface area (Å²) in [5.74, 6) is -2.33. The number of nitrogens with one attached hydrogen (secondary N) is 3. The molecule has 0 aromatic heterocycles. The molecule has 0 aromatic carbocycles. The van der Waals surface area contributed by atoms with Crippen molar-refractivity contribution < 1.29 is 28.8 Å². The van der Waals surface area contributed by atoms with E-state index in [0.29, 0.717) is 13.0 Å². The van der Waals surface area contributed by atoms with Crippen molar-refractivity contribution in [3.8, 4) is 0 Å². The number of ketones is 2. The van der Waals surface area contributed by atoms with E-state index in [4.69, 9.17) is 5.73 Å². The van der Waals surface area contributed by atoms with Gasteiger partial charge in [-0.3, -0.25) is 24.0 Å². The predicted octanol–water partition coefficient (Wildman–Crippen LogP) is 2.45. The molecule has 11 nitrogen and oxygen atoms in total. The Bertz CT molecular complexity index is 1200. The lowest BCUT2D eigenvalue weighted by Gasteiger charge is -2.38. The van der Waals surface area contributed by atoms with Crippen LogP contribution in [0.15, 0.2) is 0 Å². The fraction of sp³-hybridized carbons (Fsp3) is 0.818. The number of hydrogen-bond donors (Lipinski definition) is 4. The second-order valence-electron chi connectivity index (χ2n) is 15.8. The van der Waals surface area contributed by atoms with Gasteiger partial charge in [-0.2, -0.15) is 0 Å². The first-order chi connectivity index (χ1) is 20.6. The van der Waals surface area contributed by atoms with Crippen LogP contribution in [-0.4, -0.2) is 70.9 Å². The molecule has 1 saturated heterocycles. The van der Waals surface area contributed by atoms with Gasteiger partial charge in [0.2, 0.25) is 17.6 Å². The zero-order valence-corrected chi connectivity index (χ0v) is 26.9. The molecule has 6 unspecified atom stereocenters. The average Bonchev–Trinajstić information content (AvgIpc) is 3.91. The van der Waals surface area contributed by atoms with Gasteiger partial charge in [-0.1, -0.05) is 66.7 Å². The normalized spacial score (nSPS) is 28.2. The molecule has 244 valence electrons. The molecule has 0 radical (unpaired) electrons. The molecule has 5 N–H and O–H groups in total. The summed E-state index contributed by atoms with van der Waals surface area (Å²) in [5.41, 5.74) is 4.43. The zero-order chi connectivity index (χ0) is 32.1. The topological polar surface area (TPSA) is 168 Å². The van der Waals surface area contributed by atoms with Crippen LogP contribution in [0.4, 0.5) is 4.79 Å². The molecule has 0 bridgehead atoms. The van der Waals surface area contributed by atoms with Crippen LogP contribution in [0.3, 0.4) is 0 Å². The molecule has 1 aliphatic heterocycles.